The number of para-hydroxylation sites is 1. The second-order valence-electron chi connectivity index (χ2n) is 9.67. The van der Waals surface area contributed by atoms with Crippen molar-refractivity contribution in [1.82, 2.24) is 10.3 Å². The Morgan fingerprint density at radius 2 is 1.73 bits per heavy atom. The first-order chi connectivity index (χ1) is 17.7. The van der Waals surface area contributed by atoms with Crippen LogP contribution in [0.4, 0.5) is 5.69 Å². The van der Waals surface area contributed by atoms with Gasteiger partial charge in [0.1, 0.15) is 0 Å². The van der Waals surface area contributed by atoms with Crippen LogP contribution in [0.5, 0.6) is 0 Å². The molecule has 0 saturated carbocycles. The summed E-state index contributed by atoms with van der Waals surface area (Å²) in [7, 11) is 3.25. The van der Waals surface area contributed by atoms with E-state index < -0.39 is 0 Å². The molecule has 0 atom stereocenters. The summed E-state index contributed by atoms with van der Waals surface area (Å²) in [5.74, 6) is 6.24. The van der Waals surface area contributed by atoms with Gasteiger partial charge in [-0.05, 0) is 31.9 Å². The number of methoxy groups -OCH3 is 2. The third-order valence-corrected chi connectivity index (χ3v) is 6.63. The number of hydrazine groups is 1. The van der Waals surface area contributed by atoms with Gasteiger partial charge in [-0.2, -0.15) is 0 Å². The summed E-state index contributed by atoms with van der Waals surface area (Å²) in [6.07, 6.45) is 1.08. The molecule has 2 aromatic carbocycles. The van der Waals surface area contributed by atoms with Crippen LogP contribution in [-0.4, -0.2) is 56.3 Å². The zero-order valence-electron chi connectivity index (χ0n) is 22.3. The molecule has 2 aromatic rings. The van der Waals surface area contributed by atoms with Gasteiger partial charge in [0.15, 0.2) is 0 Å². The van der Waals surface area contributed by atoms with E-state index in [2.05, 4.69) is 5.32 Å². The predicted molar refractivity (Wildman–Crippen MR) is 146 cm³/mol. The zero-order valence-corrected chi connectivity index (χ0v) is 22.3. The van der Waals surface area contributed by atoms with Crippen molar-refractivity contribution in [3.63, 3.8) is 0 Å². The maximum absolute atomic E-state index is 13.5. The normalized spacial score (nSPS) is 15.3. The Kier molecular flexibility index (Phi) is 9.68. The van der Waals surface area contributed by atoms with Crippen molar-refractivity contribution >= 4 is 28.9 Å². The molecule has 0 unspecified atom stereocenters. The number of benzene rings is 2. The molecule has 0 spiro atoms. The number of amides is 2. The second kappa shape index (κ2) is 12.7. The fraction of sp³-hybridized carbons (Fsp3) is 0.429. The molecule has 2 amide bonds. The molecule has 0 fully saturated rings. The molecular formula is C28H39N5O4. The molecule has 9 nitrogen and oxygen atoms in total. The minimum absolute atomic E-state index is 0.104. The summed E-state index contributed by atoms with van der Waals surface area (Å²) in [6.45, 7) is 5.36. The third-order valence-electron chi connectivity index (χ3n) is 6.63. The molecule has 0 bridgehead atoms. The van der Waals surface area contributed by atoms with E-state index in [4.69, 9.17) is 21.1 Å². The van der Waals surface area contributed by atoms with E-state index in [1.165, 1.54) is 0 Å². The molecule has 0 aromatic heterocycles. The summed E-state index contributed by atoms with van der Waals surface area (Å²) in [4.78, 5) is 27.5. The van der Waals surface area contributed by atoms with E-state index in [0.29, 0.717) is 49.6 Å². The van der Waals surface area contributed by atoms with Gasteiger partial charge in [-0.15, -0.1) is 0 Å². The monoisotopic (exact) mass is 509 g/mol. The summed E-state index contributed by atoms with van der Waals surface area (Å²) in [6, 6.07) is 15.3. The smallest absolute Gasteiger partial charge is 0.229 e. The SMILES string of the molecule is COCCN(N)/C1=C(\N)c2ccccc2N(C(=O)CCNC(=O)CCC(C)(C)OC)Cc2ccccc21. The standard InChI is InChI=1S/C28H39N5O4/c1-28(2,37-4)15-13-24(34)31-16-14-25(35)32-19-20-9-5-6-10-21(20)27(33(30)17-18-36-3)26(29)22-11-7-8-12-23(22)32/h5-12H,13-19,29-30H2,1-4H3,(H,31,34)/b27-26-. The number of carbonyl (C=O) groups excluding carboxylic acids is 2. The van der Waals surface area contributed by atoms with Gasteiger partial charge in [-0.1, -0.05) is 42.5 Å². The highest BCUT2D eigenvalue weighted by molar-refractivity contribution is 6.01. The van der Waals surface area contributed by atoms with Crippen molar-refractivity contribution in [3.05, 3.63) is 65.2 Å². The van der Waals surface area contributed by atoms with Gasteiger partial charge in [-0.25, -0.2) is 5.84 Å². The lowest BCUT2D eigenvalue weighted by atomic mass is 9.95. The van der Waals surface area contributed by atoms with Gasteiger partial charge in [0.25, 0.3) is 0 Å². The number of nitrogens with zero attached hydrogens (tertiary/aromatic N) is 2. The van der Waals surface area contributed by atoms with E-state index in [1.807, 2.05) is 62.4 Å². The Balaban J connectivity index is 1.86. The van der Waals surface area contributed by atoms with Crippen molar-refractivity contribution in [3.8, 4) is 0 Å². The molecule has 0 aliphatic carbocycles. The molecule has 0 radical (unpaired) electrons. The summed E-state index contributed by atoms with van der Waals surface area (Å²) >= 11 is 0. The van der Waals surface area contributed by atoms with Gasteiger partial charge < -0.3 is 30.4 Å². The van der Waals surface area contributed by atoms with E-state index in [1.54, 1.807) is 24.1 Å². The van der Waals surface area contributed by atoms with Crippen molar-refractivity contribution in [1.29, 1.82) is 0 Å². The number of fused-ring (bicyclic) bond motifs is 2. The van der Waals surface area contributed by atoms with Crippen LogP contribution < -0.4 is 21.8 Å². The lowest BCUT2D eigenvalue weighted by molar-refractivity contribution is -0.122. The Morgan fingerprint density at radius 3 is 2.43 bits per heavy atom. The highest BCUT2D eigenvalue weighted by atomic mass is 16.5. The van der Waals surface area contributed by atoms with Gasteiger partial charge >= 0.3 is 0 Å². The molecule has 1 aliphatic rings. The second-order valence-corrected chi connectivity index (χ2v) is 9.67. The van der Waals surface area contributed by atoms with Crippen LogP contribution in [0.3, 0.4) is 0 Å². The lowest BCUT2D eigenvalue weighted by Crippen LogP contribution is -2.38. The molecular weight excluding hydrogens is 470 g/mol. The molecule has 1 aliphatic heterocycles. The average molecular weight is 510 g/mol. The lowest BCUT2D eigenvalue weighted by Gasteiger charge is -2.33. The van der Waals surface area contributed by atoms with Crippen molar-refractivity contribution in [2.75, 3.05) is 38.8 Å². The minimum atomic E-state index is -0.371. The number of hydrogen-bond acceptors (Lipinski definition) is 7. The van der Waals surface area contributed by atoms with Crippen molar-refractivity contribution < 1.29 is 19.1 Å². The highest BCUT2D eigenvalue weighted by Crippen LogP contribution is 2.36. The topological polar surface area (TPSA) is 123 Å². The van der Waals surface area contributed by atoms with Crippen molar-refractivity contribution in [2.24, 2.45) is 11.6 Å². The number of nitrogens with one attached hydrogen (secondary N) is 1. The Labute approximate surface area is 219 Å². The number of rotatable bonds is 11. The Bertz CT molecular complexity index is 1130. The highest BCUT2D eigenvalue weighted by Gasteiger charge is 2.27. The maximum Gasteiger partial charge on any atom is 0.229 e. The third kappa shape index (κ3) is 7.09. The maximum atomic E-state index is 13.5. The molecule has 5 N–H and O–H groups in total. The van der Waals surface area contributed by atoms with Gasteiger partial charge in [0.2, 0.25) is 11.8 Å². The molecule has 200 valence electrons. The summed E-state index contributed by atoms with van der Waals surface area (Å²) in [5.41, 5.74) is 10.7. The number of hydrogen-bond donors (Lipinski definition) is 3. The van der Waals surface area contributed by atoms with E-state index >= 15 is 0 Å². The fourth-order valence-electron chi connectivity index (χ4n) is 4.24. The Morgan fingerprint density at radius 1 is 1.05 bits per heavy atom. The summed E-state index contributed by atoms with van der Waals surface area (Å²) < 4.78 is 10.6. The van der Waals surface area contributed by atoms with E-state index in [0.717, 1.165) is 16.7 Å². The van der Waals surface area contributed by atoms with Gasteiger partial charge in [0, 0.05) is 44.7 Å². The van der Waals surface area contributed by atoms with E-state index in [9.17, 15) is 9.59 Å². The van der Waals surface area contributed by atoms with Crippen LogP contribution in [0, 0.1) is 0 Å². The number of carbonyl (C=O) groups is 2. The van der Waals surface area contributed by atoms with Crippen LogP contribution in [0.25, 0.3) is 11.4 Å². The molecule has 9 heteroatoms. The average Bonchev–Trinajstić information content (AvgIpc) is 2.89. The van der Waals surface area contributed by atoms with Crippen LogP contribution in [0.15, 0.2) is 48.5 Å². The number of anilines is 1. The quantitative estimate of drug-likeness (QED) is 0.314. The number of ether oxygens (including phenoxy) is 2. The van der Waals surface area contributed by atoms with Gasteiger partial charge in [0.05, 0.1) is 42.4 Å². The first kappa shape index (κ1) is 28.2. The van der Waals surface area contributed by atoms with Crippen LogP contribution in [-0.2, 0) is 25.6 Å². The first-order valence-corrected chi connectivity index (χ1v) is 12.5. The number of nitrogens with two attached hydrogens (primary N) is 2. The minimum Gasteiger partial charge on any atom is -0.396 e. The van der Waals surface area contributed by atoms with Crippen LogP contribution in [0.1, 0.15) is 49.8 Å². The van der Waals surface area contributed by atoms with Crippen molar-refractivity contribution in [2.45, 2.75) is 45.3 Å². The zero-order chi connectivity index (χ0) is 27.0. The van der Waals surface area contributed by atoms with Gasteiger partial charge in [-0.3, -0.25) is 9.59 Å². The fourth-order valence-corrected chi connectivity index (χ4v) is 4.24. The Hall–Kier alpha value is -3.40. The molecule has 1 heterocycles. The van der Waals surface area contributed by atoms with E-state index in [-0.39, 0.29) is 30.4 Å². The predicted octanol–water partition coefficient (Wildman–Crippen LogP) is 2.85. The molecule has 37 heavy (non-hydrogen) atoms. The first-order valence-electron chi connectivity index (χ1n) is 12.5. The largest absolute Gasteiger partial charge is 0.396 e. The molecule has 3 rings (SSSR count). The summed E-state index contributed by atoms with van der Waals surface area (Å²) in [5, 5.41) is 4.46. The van der Waals surface area contributed by atoms with Crippen LogP contribution in [0.2, 0.25) is 0 Å². The molecule has 0 saturated heterocycles. The van der Waals surface area contributed by atoms with Crippen LogP contribution >= 0.6 is 0 Å².